The Balaban J connectivity index is 1.26. The number of aliphatic imine (C=N–C) groups is 1. The summed E-state index contributed by atoms with van der Waals surface area (Å²) in [6.45, 7) is 11.3. The van der Waals surface area contributed by atoms with Crippen molar-refractivity contribution in [2.45, 2.75) is 68.1 Å². The number of amidine groups is 1. The lowest BCUT2D eigenvalue weighted by Gasteiger charge is -2.58. The summed E-state index contributed by atoms with van der Waals surface area (Å²) in [6.07, 6.45) is 5.94. The number of ether oxygens (including phenoxy) is 1. The van der Waals surface area contributed by atoms with Crippen molar-refractivity contribution in [3.8, 4) is 0 Å². The number of halogens is 4. The SMILES string of the molecule is C=CC(=O)N1CCN(C2=NC(=O)N3[C@@H](CCCN4C[C@@H]5C[C@H]4CO5)CSC4C(c5c(F)cc(F)cc5F)=C(Cl)C=C2C43C)[C@@H](C)C1. The van der Waals surface area contributed by atoms with Gasteiger partial charge in [-0.3, -0.25) is 9.69 Å². The van der Waals surface area contributed by atoms with Crippen molar-refractivity contribution in [1.29, 1.82) is 0 Å². The summed E-state index contributed by atoms with van der Waals surface area (Å²) >= 11 is 8.44. The molecule has 5 heterocycles. The van der Waals surface area contributed by atoms with Crippen LogP contribution < -0.4 is 0 Å². The molecule has 6 aliphatic rings. The van der Waals surface area contributed by atoms with Crippen molar-refractivity contribution in [3.63, 3.8) is 0 Å². The number of benzene rings is 1. The van der Waals surface area contributed by atoms with E-state index < -0.39 is 34.3 Å². The maximum atomic E-state index is 15.4. The number of amides is 3. The van der Waals surface area contributed by atoms with E-state index in [1.165, 1.54) is 17.8 Å². The monoisotopic (exact) mass is 675 g/mol. The molecule has 1 aliphatic carbocycles. The smallest absolute Gasteiger partial charge is 0.346 e. The van der Waals surface area contributed by atoms with Crippen LogP contribution in [0.1, 0.15) is 38.7 Å². The minimum absolute atomic E-state index is 0.120. The molecule has 0 radical (unpaired) electrons. The highest BCUT2D eigenvalue weighted by atomic mass is 35.5. The van der Waals surface area contributed by atoms with E-state index in [0.29, 0.717) is 61.1 Å². The fourth-order valence-corrected chi connectivity index (χ4v) is 10.4. The van der Waals surface area contributed by atoms with E-state index in [1.54, 1.807) is 15.9 Å². The Morgan fingerprint density at radius 1 is 1.24 bits per heavy atom. The van der Waals surface area contributed by atoms with E-state index in [-0.39, 0.29) is 34.2 Å². The van der Waals surface area contributed by atoms with Crippen molar-refractivity contribution in [1.82, 2.24) is 19.6 Å². The molecule has 1 aromatic carbocycles. The number of morpholine rings is 1. The maximum absolute atomic E-state index is 15.4. The van der Waals surface area contributed by atoms with Gasteiger partial charge in [0.05, 0.1) is 29.1 Å². The molecule has 0 spiro atoms. The van der Waals surface area contributed by atoms with Crippen LogP contribution in [-0.4, -0.2) is 117 Å². The number of rotatable bonds is 6. The van der Waals surface area contributed by atoms with Gasteiger partial charge >= 0.3 is 6.03 Å². The fraction of sp³-hybridized carbons (Fsp3) is 0.545. The quantitative estimate of drug-likeness (QED) is 0.394. The zero-order valence-corrected chi connectivity index (χ0v) is 27.4. The summed E-state index contributed by atoms with van der Waals surface area (Å²) in [7, 11) is 0. The molecule has 0 aromatic heterocycles. The van der Waals surface area contributed by atoms with Crippen molar-refractivity contribution in [2.75, 3.05) is 45.1 Å². The first-order valence-corrected chi connectivity index (χ1v) is 17.3. The highest BCUT2D eigenvalue weighted by Gasteiger charge is 2.59. The second-order valence-corrected chi connectivity index (χ2v) is 14.7. The number of allylic oxidation sites excluding steroid dienone is 2. The maximum Gasteiger partial charge on any atom is 0.346 e. The average molecular weight is 676 g/mol. The third kappa shape index (κ3) is 5.11. The minimum Gasteiger partial charge on any atom is -0.375 e. The van der Waals surface area contributed by atoms with Crippen LogP contribution in [0.15, 0.2) is 46.5 Å². The van der Waals surface area contributed by atoms with Crippen molar-refractivity contribution in [3.05, 3.63) is 64.5 Å². The van der Waals surface area contributed by atoms with Gasteiger partial charge in [-0.1, -0.05) is 18.2 Å². The minimum atomic E-state index is -1.06. The molecule has 13 heteroatoms. The predicted octanol–water partition coefficient (Wildman–Crippen LogP) is 5.04. The lowest BCUT2D eigenvalue weighted by molar-refractivity contribution is -0.128. The Bertz CT molecular complexity index is 1560. The van der Waals surface area contributed by atoms with Gasteiger partial charge in [-0.25, -0.2) is 18.0 Å². The number of hydrogen-bond donors (Lipinski definition) is 0. The molecule has 246 valence electrons. The van der Waals surface area contributed by atoms with Crippen molar-refractivity contribution < 1.29 is 27.5 Å². The molecule has 6 atom stereocenters. The number of urea groups is 1. The summed E-state index contributed by atoms with van der Waals surface area (Å²) in [6, 6.07) is 1.000. The lowest BCUT2D eigenvalue weighted by atomic mass is 9.74. The highest BCUT2D eigenvalue weighted by molar-refractivity contribution is 8.00. The van der Waals surface area contributed by atoms with Gasteiger partial charge < -0.3 is 19.4 Å². The number of carbonyl (C=O) groups excluding carboxylic acids is 2. The van der Waals surface area contributed by atoms with Gasteiger partial charge in [0.15, 0.2) is 0 Å². The third-order valence-corrected chi connectivity index (χ3v) is 12.4. The molecule has 8 nitrogen and oxygen atoms in total. The molecule has 5 aliphatic heterocycles. The number of nitrogens with zero attached hydrogens (tertiary/aromatic N) is 5. The van der Waals surface area contributed by atoms with Crippen LogP contribution in [0.5, 0.6) is 0 Å². The fourth-order valence-electron chi connectivity index (χ4n) is 8.28. The van der Waals surface area contributed by atoms with E-state index in [0.717, 1.165) is 39.0 Å². The average Bonchev–Trinajstić information content (AvgIpc) is 3.63. The van der Waals surface area contributed by atoms with E-state index in [4.69, 9.17) is 16.3 Å². The van der Waals surface area contributed by atoms with E-state index >= 15 is 8.78 Å². The summed E-state index contributed by atoms with van der Waals surface area (Å²) in [4.78, 5) is 39.2. The Labute approximate surface area is 275 Å². The van der Waals surface area contributed by atoms with Gasteiger partial charge in [-0.15, -0.1) is 11.8 Å². The van der Waals surface area contributed by atoms with Gasteiger partial charge in [0.25, 0.3) is 0 Å². The molecular formula is C33H37ClF3N5O3S. The molecular weight excluding hydrogens is 639 g/mol. The summed E-state index contributed by atoms with van der Waals surface area (Å²) in [5.74, 6) is -2.29. The standard InChI is InChI=1S/C33H37ClF3N5O3S/c1-4-27(43)40-8-9-41(18(2)14-40)31-23-13-24(34)28(29-25(36)10-19(35)11-26(29)37)30-33(23,3)42(32(44)38-31)20(17-46-30)6-5-7-39-15-22-12-21(39)16-45-22/h4,10-11,13,18,20-22,30H,1,5-9,12,14-17H2,2-3H3/t18-,20-,21-,22-,30?,33?/m0/s1. The number of thioether (sulfide) groups is 1. The van der Waals surface area contributed by atoms with Crippen LogP contribution >= 0.6 is 23.4 Å². The molecule has 7 rings (SSSR count). The number of fused-ring (bicyclic) bond motifs is 2. The van der Waals surface area contributed by atoms with Crippen LogP contribution in [0.2, 0.25) is 0 Å². The van der Waals surface area contributed by atoms with Gasteiger partial charge in [-0.2, -0.15) is 4.99 Å². The number of piperazine rings is 1. The molecule has 46 heavy (non-hydrogen) atoms. The second kappa shape index (κ2) is 12.0. The lowest BCUT2D eigenvalue weighted by Crippen LogP contribution is -2.70. The van der Waals surface area contributed by atoms with Gasteiger partial charge in [-0.05, 0) is 57.4 Å². The van der Waals surface area contributed by atoms with Crippen LogP contribution in [0.4, 0.5) is 18.0 Å². The zero-order valence-electron chi connectivity index (χ0n) is 25.9. The van der Waals surface area contributed by atoms with Crippen molar-refractivity contribution >= 4 is 46.7 Å². The first-order valence-electron chi connectivity index (χ1n) is 15.9. The zero-order chi connectivity index (χ0) is 32.5. The summed E-state index contributed by atoms with van der Waals surface area (Å²) < 4.78 is 50.4. The van der Waals surface area contributed by atoms with E-state index in [9.17, 15) is 14.0 Å². The third-order valence-electron chi connectivity index (χ3n) is 10.5. The van der Waals surface area contributed by atoms with E-state index in [1.807, 2.05) is 18.7 Å². The van der Waals surface area contributed by atoms with Crippen LogP contribution in [0, 0.1) is 17.5 Å². The Morgan fingerprint density at radius 3 is 2.65 bits per heavy atom. The Hall–Kier alpha value is -2.80. The molecule has 2 unspecified atom stereocenters. The first-order chi connectivity index (χ1) is 22.0. The number of carbonyl (C=O) groups is 2. The Morgan fingerprint density at radius 2 is 2.00 bits per heavy atom. The molecule has 0 N–H and O–H groups in total. The van der Waals surface area contributed by atoms with Crippen LogP contribution in [-0.2, 0) is 9.53 Å². The molecule has 1 aromatic rings. The van der Waals surface area contributed by atoms with Crippen LogP contribution in [0.25, 0.3) is 5.57 Å². The number of hydrogen-bond acceptors (Lipinski definition) is 6. The van der Waals surface area contributed by atoms with Crippen molar-refractivity contribution in [2.24, 2.45) is 4.99 Å². The summed E-state index contributed by atoms with van der Waals surface area (Å²) in [5, 5.41) is -0.528. The summed E-state index contributed by atoms with van der Waals surface area (Å²) in [5.41, 5.74) is -0.549. The molecule has 3 amide bonds. The van der Waals surface area contributed by atoms with Crippen LogP contribution in [0.3, 0.4) is 0 Å². The molecule has 4 saturated heterocycles. The van der Waals surface area contributed by atoms with Gasteiger partial charge in [0.1, 0.15) is 23.3 Å². The second-order valence-electron chi connectivity index (χ2n) is 13.2. The largest absolute Gasteiger partial charge is 0.375 e. The normalized spacial score (nSPS) is 32.5. The molecule has 2 bridgehead atoms. The molecule has 4 fully saturated rings. The van der Waals surface area contributed by atoms with Gasteiger partial charge in [0.2, 0.25) is 5.91 Å². The predicted molar refractivity (Wildman–Crippen MR) is 172 cm³/mol. The van der Waals surface area contributed by atoms with E-state index in [2.05, 4.69) is 16.5 Å². The Kier molecular flexibility index (Phi) is 8.30. The molecule has 0 saturated carbocycles. The first kappa shape index (κ1) is 31.8. The highest BCUT2D eigenvalue weighted by Crippen LogP contribution is 2.55. The number of likely N-dealkylation sites (tertiary alicyclic amines) is 1. The topological polar surface area (TPSA) is 68.7 Å². The van der Waals surface area contributed by atoms with Gasteiger partial charge in [0, 0.05) is 72.8 Å².